The molecule has 5 rings (SSSR count). The molecule has 1 heterocycles. The van der Waals surface area contributed by atoms with Crippen LogP contribution in [-0.2, 0) is 11.2 Å². The molecule has 0 saturated carbocycles. The summed E-state index contributed by atoms with van der Waals surface area (Å²) in [5.41, 5.74) is -1.35. The Labute approximate surface area is 222 Å². The van der Waals surface area contributed by atoms with Crippen molar-refractivity contribution < 1.29 is 60.2 Å². The fourth-order valence-corrected chi connectivity index (χ4v) is 4.52. The Morgan fingerprint density at radius 2 is 1.38 bits per heavy atom. The molecule has 0 aromatic heterocycles. The lowest BCUT2D eigenvalue weighted by Crippen LogP contribution is -2.35. The molecule has 1 aliphatic rings. The van der Waals surface area contributed by atoms with Gasteiger partial charge in [-0.3, -0.25) is 4.79 Å². The second-order valence-corrected chi connectivity index (χ2v) is 9.05. The van der Waals surface area contributed by atoms with Gasteiger partial charge in [0, 0.05) is 29.7 Å². The molecule has 206 valence electrons. The van der Waals surface area contributed by atoms with E-state index in [9.17, 15) is 55.5 Å². The molecule has 2 atom stereocenters. The molecule has 0 aliphatic carbocycles. The summed E-state index contributed by atoms with van der Waals surface area (Å²) >= 11 is 0. The Hall–Kier alpha value is -5.72. The number of carbonyl (C=O) groups excluding carboxylic acids is 1. The first-order valence-electron chi connectivity index (χ1n) is 11.5. The number of aromatic hydroxyl groups is 9. The third kappa shape index (κ3) is 4.24. The molecule has 4 aromatic carbocycles. The van der Waals surface area contributed by atoms with Gasteiger partial charge in [-0.2, -0.15) is 0 Å². The molecular weight excluding hydrogens is 532 g/mol. The van der Waals surface area contributed by atoms with E-state index in [0.29, 0.717) is 0 Å². The van der Waals surface area contributed by atoms with Gasteiger partial charge in [-0.25, -0.2) is 4.79 Å². The minimum absolute atomic E-state index is 0.0365. The summed E-state index contributed by atoms with van der Waals surface area (Å²) in [7, 11) is 0. The Morgan fingerprint density at radius 3 is 2.05 bits per heavy atom. The highest BCUT2D eigenvalue weighted by atomic mass is 16.6. The summed E-state index contributed by atoms with van der Waals surface area (Å²) < 4.78 is 11.5. The fraction of sp³-hybridized carbons (Fsp3) is 0.111. The highest BCUT2D eigenvalue weighted by Crippen LogP contribution is 2.46. The van der Waals surface area contributed by atoms with Crippen molar-refractivity contribution in [3.8, 4) is 57.5 Å². The molecule has 13 nitrogen and oxygen atoms in total. The minimum Gasteiger partial charge on any atom is -0.508 e. The van der Waals surface area contributed by atoms with Crippen LogP contribution in [0.2, 0.25) is 0 Å². The van der Waals surface area contributed by atoms with Crippen LogP contribution in [0.1, 0.15) is 27.6 Å². The van der Waals surface area contributed by atoms with Crippen molar-refractivity contribution in [2.45, 2.75) is 18.6 Å². The molecule has 40 heavy (non-hydrogen) atoms. The zero-order valence-corrected chi connectivity index (χ0v) is 20.1. The molecule has 0 saturated heterocycles. The standard InChI is InChI=1S/C27H20O13/c28-12-6-14(29)13-8-20(40-27(38)11-4-15(30)22(34)16(31)5-11)26(39-19(13)7-12)10-1-9-2-18(33)24(36)25(37)21(9)23(35)17(32)3-10/h1-7,20,26,28-31,33-34,36-37H,8H2,(H,32,35)/t20-,26?/m1/s1. The van der Waals surface area contributed by atoms with E-state index in [2.05, 4.69) is 0 Å². The van der Waals surface area contributed by atoms with Crippen LogP contribution in [0.4, 0.5) is 0 Å². The van der Waals surface area contributed by atoms with Crippen molar-refractivity contribution in [3.63, 3.8) is 0 Å². The van der Waals surface area contributed by atoms with Gasteiger partial charge >= 0.3 is 5.97 Å². The van der Waals surface area contributed by atoms with Crippen molar-refractivity contribution in [1.29, 1.82) is 0 Å². The number of carbonyl (C=O) groups is 1. The first-order chi connectivity index (χ1) is 18.8. The number of esters is 1. The van der Waals surface area contributed by atoms with Gasteiger partial charge in [0.1, 0.15) is 23.4 Å². The van der Waals surface area contributed by atoms with Crippen LogP contribution in [0.5, 0.6) is 57.5 Å². The molecule has 0 bridgehead atoms. The number of benzene rings is 3. The number of phenols is 8. The van der Waals surface area contributed by atoms with Crippen LogP contribution in [-0.4, -0.2) is 58.0 Å². The van der Waals surface area contributed by atoms with Crippen molar-refractivity contribution in [2.75, 3.05) is 0 Å². The van der Waals surface area contributed by atoms with Gasteiger partial charge in [0.25, 0.3) is 0 Å². The average molecular weight is 552 g/mol. The van der Waals surface area contributed by atoms with Gasteiger partial charge in [-0.1, -0.05) is 0 Å². The minimum atomic E-state index is -1.36. The number of ether oxygens (including phenoxy) is 2. The molecule has 9 N–H and O–H groups in total. The Balaban J connectivity index is 1.67. The van der Waals surface area contributed by atoms with E-state index in [4.69, 9.17) is 9.47 Å². The zero-order valence-electron chi connectivity index (χ0n) is 20.1. The topological polar surface area (TPSA) is 235 Å². The molecule has 0 radical (unpaired) electrons. The molecule has 4 aromatic rings. The molecule has 0 spiro atoms. The number of hydrogen-bond acceptors (Lipinski definition) is 13. The van der Waals surface area contributed by atoms with Crippen LogP contribution in [0.3, 0.4) is 0 Å². The Kier molecular flexibility index (Phi) is 5.98. The maximum absolute atomic E-state index is 13.0. The highest BCUT2D eigenvalue weighted by molar-refractivity contribution is 5.96. The maximum Gasteiger partial charge on any atom is 0.338 e. The van der Waals surface area contributed by atoms with Crippen molar-refractivity contribution in [2.24, 2.45) is 0 Å². The number of fused-ring (bicyclic) bond motifs is 2. The monoisotopic (exact) mass is 552 g/mol. The van der Waals surface area contributed by atoms with Crippen molar-refractivity contribution in [3.05, 3.63) is 69.4 Å². The molecule has 1 unspecified atom stereocenters. The lowest BCUT2D eigenvalue weighted by Gasteiger charge is -2.33. The quantitative estimate of drug-likeness (QED) is 0.131. The third-order valence-electron chi connectivity index (χ3n) is 6.43. The van der Waals surface area contributed by atoms with Crippen LogP contribution in [0.25, 0.3) is 10.8 Å². The third-order valence-corrected chi connectivity index (χ3v) is 6.43. The van der Waals surface area contributed by atoms with Crippen LogP contribution >= 0.6 is 0 Å². The van der Waals surface area contributed by atoms with Gasteiger partial charge in [0.05, 0.1) is 10.9 Å². The predicted molar refractivity (Wildman–Crippen MR) is 134 cm³/mol. The summed E-state index contributed by atoms with van der Waals surface area (Å²) in [6.45, 7) is 0. The second-order valence-electron chi connectivity index (χ2n) is 9.05. The van der Waals surface area contributed by atoms with E-state index < -0.39 is 75.0 Å². The van der Waals surface area contributed by atoms with Crippen LogP contribution in [0, 0.1) is 0 Å². The molecular formula is C27H20O13. The average Bonchev–Trinajstić information content (AvgIpc) is 3.01. The summed E-state index contributed by atoms with van der Waals surface area (Å²) in [5.74, 6) is -8.07. The van der Waals surface area contributed by atoms with E-state index in [-0.39, 0.29) is 40.0 Å². The fourth-order valence-electron chi connectivity index (χ4n) is 4.52. The highest BCUT2D eigenvalue weighted by Gasteiger charge is 2.37. The smallest absolute Gasteiger partial charge is 0.338 e. The Morgan fingerprint density at radius 1 is 0.725 bits per heavy atom. The summed E-state index contributed by atoms with van der Waals surface area (Å²) in [6, 6.07) is 6.95. The summed E-state index contributed by atoms with van der Waals surface area (Å²) in [6.07, 6.45) is -2.92. The van der Waals surface area contributed by atoms with Crippen molar-refractivity contribution in [1.82, 2.24) is 0 Å². The van der Waals surface area contributed by atoms with E-state index in [1.807, 2.05) is 0 Å². The van der Waals surface area contributed by atoms with Crippen LogP contribution in [0.15, 0.2) is 47.3 Å². The molecule has 0 fully saturated rings. The van der Waals surface area contributed by atoms with Gasteiger partial charge in [0.15, 0.2) is 40.6 Å². The normalized spacial score (nSPS) is 16.2. The van der Waals surface area contributed by atoms with E-state index in [1.165, 1.54) is 12.1 Å². The lowest BCUT2D eigenvalue weighted by atomic mass is 9.94. The predicted octanol–water partition coefficient (Wildman–Crippen LogP) is 2.45. The summed E-state index contributed by atoms with van der Waals surface area (Å²) in [4.78, 5) is 25.8. The van der Waals surface area contributed by atoms with Gasteiger partial charge < -0.3 is 55.4 Å². The first kappa shape index (κ1) is 25.9. The van der Waals surface area contributed by atoms with Gasteiger partial charge in [-0.05, 0) is 35.7 Å². The van der Waals surface area contributed by atoms with Gasteiger partial charge in [-0.15, -0.1) is 0 Å². The van der Waals surface area contributed by atoms with E-state index in [0.717, 1.165) is 30.3 Å². The number of phenolic OH excluding ortho intramolecular Hbond substituents is 8. The van der Waals surface area contributed by atoms with Crippen molar-refractivity contribution >= 4 is 16.7 Å². The number of rotatable bonds is 3. The summed E-state index contributed by atoms with van der Waals surface area (Å²) in [5, 5.41) is 89.6. The number of hydrogen-bond donors (Lipinski definition) is 9. The maximum atomic E-state index is 13.0. The second kappa shape index (κ2) is 9.23. The van der Waals surface area contributed by atoms with Crippen LogP contribution < -0.4 is 10.2 Å². The lowest BCUT2D eigenvalue weighted by molar-refractivity contribution is -0.0188. The van der Waals surface area contributed by atoms with E-state index in [1.54, 1.807) is 0 Å². The Bertz CT molecular complexity index is 1760. The largest absolute Gasteiger partial charge is 0.508 e. The van der Waals surface area contributed by atoms with E-state index >= 15 is 0 Å². The molecule has 1 aliphatic heterocycles. The van der Waals surface area contributed by atoms with Gasteiger partial charge in [0.2, 0.25) is 11.2 Å². The SMILES string of the molecule is O=C(O[C@@H]1Cc2c(O)cc(O)cc2OC1c1cc(=O)c(O)c2c(O)c(O)c(O)cc2c1)c1cc(O)c(O)c(O)c1. The molecule has 0 amide bonds. The molecule has 13 heteroatoms. The zero-order chi connectivity index (χ0) is 29.0. The first-order valence-corrected chi connectivity index (χ1v) is 11.5.